The number of ketones is 1. The summed E-state index contributed by atoms with van der Waals surface area (Å²) in [5.41, 5.74) is 1.02. The van der Waals surface area contributed by atoms with Crippen molar-refractivity contribution in [3.63, 3.8) is 0 Å². The number of Topliss-reactive ketones (excluding diaryl/α,β-unsaturated/α-hetero) is 1. The molecule has 216 valence electrons. The summed E-state index contributed by atoms with van der Waals surface area (Å²) >= 11 is 0. The first-order chi connectivity index (χ1) is 19.4. The van der Waals surface area contributed by atoms with Crippen molar-refractivity contribution in [1.29, 1.82) is 0 Å². The van der Waals surface area contributed by atoms with Crippen LogP contribution in [0.25, 0.3) is 0 Å². The fourth-order valence-corrected chi connectivity index (χ4v) is 4.94. The minimum Gasteiger partial charge on any atom is -0.378 e. The standard InChI is InChI=1S/C27H38N8O5/c1-3-21(23(36)18-35-24(30-31-32-35)17-20-9-5-4-6-10-20)28-25(37)19(2)34-12-8-7-11-22(26(34)38)29-27(39)33-13-15-40-16-14-33/h4-6,9-10,19,21-22H,3,7-8,11-18H2,1-2H3,(H,28,37)(H,29,39)/t19?,21?,22-/m0/s1. The molecule has 1 aromatic heterocycles. The van der Waals surface area contributed by atoms with Crippen LogP contribution in [-0.4, -0.2) is 105 Å². The summed E-state index contributed by atoms with van der Waals surface area (Å²) in [6.45, 7) is 5.65. The Morgan fingerprint density at radius 2 is 1.85 bits per heavy atom. The fraction of sp³-hybridized carbons (Fsp3) is 0.593. The Morgan fingerprint density at radius 3 is 2.58 bits per heavy atom. The van der Waals surface area contributed by atoms with Crippen LogP contribution in [0.2, 0.25) is 0 Å². The molecule has 4 rings (SSSR count). The Balaban J connectivity index is 1.35. The van der Waals surface area contributed by atoms with Crippen LogP contribution in [0.3, 0.4) is 0 Å². The Bertz CT molecular complexity index is 1170. The molecule has 3 heterocycles. The monoisotopic (exact) mass is 554 g/mol. The highest BCUT2D eigenvalue weighted by molar-refractivity contribution is 5.94. The summed E-state index contributed by atoms with van der Waals surface area (Å²) < 4.78 is 6.75. The third-order valence-corrected chi connectivity index (χ3v) is 7.40. The van der Waals surface area contributed by atoms with Crippen LogP contribution in [0.4, 0.5) is 4.79 Å². The van der Waals surface area contributed by atoms with Crippen LogP contribution >= 0.6 is 0 Å². The summed E-state index contributed by atoms with van der Waals surface area (Å²) in [5.74, 6) is -0.396. The van der Waals surface area contributed by atoms with Crippen LogP contribution < -0.4 is 10.6 Å². The van der Waals surface area contributed by atoms with E-state index in [2.05, 4.69) is 26.2 Å². The van der Waals surface area contributed by atoms with Gasteiger partial charge in [0.05, 0.1) is 19.3 Å². The zero-order valence-corrected chi connectivity index (χ0v) is 23.1. The molecule has 2 aliphatic rings. The Hall–Kier alpha value is -3.87. The number of amides is 4. The first-order valence-corrected chi connectivity index (χ1v) is 13.9. The number of likely N-dealkylation sites (tertiary alicyclic amines) is 1. The van der Waals surface area contributed by atoms with E-state index in [0.717, 1.165) is 12.0 Å². The van der Waals surface area contributed by atoms with Gasteiger partial charge in [-0.15, -0.1) is 5.10 Å². The molecule has 2 aliphatic heterocycles. The number of tetrazole rings is 1. The van der Waals surface area contributed by atoms with E-state index in [-0.39, 0.29) is 24.3 Å². The lowest BCUT2D eigenvalue weighted by atomic mass is 10.1. The second-order valence-electron chi connectivity index (χ2n) is 10.2. The van der Waals surface area contributed by atoms with Crippen LogP contribution in [-0.2, 0) is 32.1 Å². The lowest BCUT2D eigenvalue weighted by Crippen LogP contribution is -2.57. The minimum absolute atomic E-state index is 0.0827. The van der Waals surface area contributed by atoms with E-state index in [1.807, 2.05) is 37.3 Å². The van der Waals surface area contributed by atoms with Gasteiger partial charge in [0, 0.05) is 26.1 Å². The number of benzene rings is 1. The van der Waals surface area contributed by atoms with Crippen molar-refractivity contribution in [2.45, 2.75) is 70.6 Å². The molecule has 1 aromatic carbocycles. The molecule has 0 saturated carbocycles. The second kappa shape index (κ2) is 14.0. The predicted octanol–water partition coefficient (Wildman–Crippen LogP) is 0.539. The minimum atomic E-state index is -0.808. The number of rotatable bonds is 10. The number of carbonyl (C=O) groups excluding carboxylic acids is 4. The molecular weight excluding hydrogens is 516 g/mol. The zero-order chi connectivity index (χ0) is 28.5. The Morgan fingerprint density at radius 1 is 1.10 bits per heavy atom. The number of urea groups is 1. The fourth-order valence-electron chi connectivity index (χ4n) is 4.94. The van der Waals surface area contributed by atoms with E-state index in [0.29, 0.717) is 64.4 Å². The highest BCUT2D eigenvalue weighted by Gasteiger charge is 2.35. The van der Waals surface area contributed by atoms with Gasteiger partial charge in [-0.1, -0.05) is 37.3 Å². The predicted molar refractivity (Wildman–Crippen MR) is 144 cm³/mol. The number of carbonyl (C=O) groups is 4. The largest absolute Gasteiger partial charge is 0.378 e. The molecule has 2 fully saturated rings. The van der Waals surface area contributed by atoms with Gasteiger partial charge in [0.15, 0.2) is 11.6 Å². The average molecular weight is 555 g/mol. The van der Waals surface area contributed by atoms with E-state index < -0.39 is 24.0 Å². The average Bonchev–Trinajstić information content (AvgIpc) is 3.32. The molecule has 3 atom stereocenters. The van der Waals surface area contributed by atoms with E-state index in [4.69, 9.17) is 4.74 Å². The number of ether oxygens (including phenoxy) is 1. The van der Waals surface area contributed by atoms with Crippen molar-refractivity contribution < 1.29 is 23.9 Å². The summed E-state index contributed by atoms with van der Waals surface area (Å²) in [6, 6.07) is 7.11. The molecule has 0 spiro atoms. The molecule has 0 radical (unpaired) electrons. The van der Waals surface area contributed by atoms with Gasteiger partial charge >= 0.3 is 6.03 Å². The summed E-state index contributed by atoms with van der Waals surface area (Å²) in [7, 11) is 0. The van der Waals surface area contributed by atoms with Gasteiger partial charge in [0.25, 0.3) is 0 Å². The number of aromatic nitrogens is 4. The number of hydrogen-bond acceptors (Lipinski definition) is 8. The maximum absolute atomic E-state index is 13.4. The second-order valence-corrected chi connectivity index (χ2v) is 10.2. The Kier molecular flexibility index (Phi) is 10.2. The molecule has 13 heteroatoms. The lowest BCUT2D eigenvalue weighted by molar-refractivity contribution is -0.141. The first-order valence-electron chi connectivity index (χ1n) is 13.9. The molecule has 2 N–H and O–H groups in total. The van der Waals surface area contributed by atoms with Crippen LogP contribution in [0.5, 0.6) is 0 Å². The summed E-state index contributed by atoms with van der Waals surface area (Å²) in [5, 5.41) is 17.4. The van der Waals surface area contributed by atoms with Gasteiger partial charge in [-0.25, -0.2) is 9.48 Å². The molecule has 40 heavy (non-hydrogen) atoms. The van der Waals surface area contributed by atoms with E-state index >= 15 is 0 Å². The van der Waals surface area contributed by atoms with Crippen molar-refractivity contribution in [2.24, 2.45) is 0 Å². The number of morpholine rings is 1. The molecule has 4 amide bonds. The molecule has 2 saturated heterocycles. The molecule has 2 aromatic rings. The molecule has 0 aliphatic carbocycles. The number of nitrogens with zero attached hydrogens (tertiary/aromatic N) is 6. The molecular formula is C27H38N8O5. The number of nitrogens with one attached hydrogen (secondary N) is 2. The highest BCUT2D eigenvalue weighted by atomic mass is 16.5. The van der Waals surface area contributed by atoms with Crippen LogP contribution in [0, 0.1) is 0 Å². The van der Waals surface area contributed by atoms with Crippen molar-refractivity contribution >= 4 is 23.6 Å². The zero-order valence-electron chi connectivity index (χ0n) is 23.1. The van der Waals surface area contributed by atoms with Gasteiger partial charge in [-0.3, -0.25) is 14.4 Å². The van der Waals surface area contributed by atoms with Gasteiger partial charge in [0.2, 0.25) is 11.8 Å². The molecule has 13 nitrogen and oxygen atoms in total. The van der Waals surface area contributed by atoms with Crippen LogP contribution in [0.15, 0.2) is 30.3 Å². The van der Waals surface area contributed by atoms with Gasteiger partial charge in [0.1, 0.15) is 18.6 Å². The molecule has 0 bridgehead atoms. The Labute approximate surface area is 233 Å². The van der Waals surface area contributed by atoms with Gasteiger partial charge < -0.3 is 25.2 Å². The van der Waals surface area contributed by atoms with Crippen molar-refractivity contribution in [3.05, 3.63) is 41.7 Å². The lowest BCUT2D eigenvalue weighted by Gasteiger charge is -2.32. The SMILES string of the molecule is CCC(NC(=O)C(C)N1CCCC[C@H](NC(=O)N2CCOCC2)C1=O)C(=O)Cn1nnnc1Cc1ccccc1. The third kappa shape index (κ3) is 7.40. The first kappa shape index (κ1) is 29.1. The van der Waals surface area contributed by atoms with Crippen LogP contribution in [0.1, 0.15) is 50.9 Å². The number of hydrogen-bond donors (Lipinski definition) is 2. The molecule has 2 unspecified atom stereocenters. The normalized spacial score (nSPS) is 19.4. The van der Waals surface area contributed by atoms with E-state index in [1.54, 1.807) is 11.8 Å². The van der Waals surface area contributed by atoms with E-state index in [1.165, 1.54) is 9.58 Å². The van der Waals surface area contributed by atoms with Crippen molar-refractivity contribution in [3.8, 4) is 0 Å². The quantitative estimate of drug-likeness (QED) is 0.432. The topological polar surface area (TPSA) is 152 Å². The van der Waals surface area contributed by atoms with Gasteiger partial charge in [-0.2, -0.15) is 0 Å². The maximum atomic E-state index is 13.4. The van der Waals surface area contributed by atoms with Crippen molar-refractivity contribution in [2.75, 3.05) is 32.8 Å². The summed E-state index contributed by atoms with van der Waals surface area (Å²) in [4.78, 5) is 55.6. The van der Waals surface area contributed by atoms with Gasteiger partial charge in [-0.05, 0) is 48.6 Å². The highest BCUT2D eigenvalue weighted by Crippen LogP contribution is 2.16. The van der Waals surface area contributed by atoms with Crippen molar-refractivity contribution in [1.82, 2.24) is 40.6 Å². The smallest absolute Gasteiger partial charge is 0.318 e. The third-order valence-electron chi connectivity index (χ3n) is 7.40. The summed E-state index contributed by atoms with van der Waals surface area (Å²) in [6.07, 6.45) is 2.82. The maximum Gasteiger partial charge on any atom is 0.318 e. The van der Waals surface area contributed by atoms with E-state index in [9.17, 15) is 19.2 Å².